The molecule has 25 heavy (non-hydrogen) atoms. The van der Waals surface area contributed by atoms with Crippen molar-refractivity contribution < 1.29 is 4.79 Å². The molecule has 1 heterocycles. The monoisotopic (exact) mass is 342 g/mol. The molecule has 0 bridgehead atoms. The lowest BCUT2D eigenvalue weighted by Gasteiger charge is -2.26. The Morgan fingerprint density at radius 1 is 1.24 bits per heavy atom. The fraction of sp³-hybridized carbons (Fsp3) is 0.550. The minimum Gasteiger partial charge on any atom is -0.350 e. The Labute approximate surface area is 150 Å². The molecule has 0 spiro atoms. The van der Waals surface area contributed by atoms with E-state index in [4.69, 9.17) is 0 Å². The van der Waals surface area contributed by atoms with Gasteiger partial charge in [-0.15, -0.1) is 0 Å². The fourth-order valence-corrected chi connectivity index (χ4v) is 3.88. The van der Waals surface area contributed by atoms with Crippen LogP contribution in [0.1, 0.15) is 43.7 Å². The molecule has 3 rings (SSSR count). The Balaban J connectivity index is 1.68. The number of amides is 2. The van der Waals surface area contributed by atoms with Gasteiger partial charge in [-0.3, -0.25) is 0 Å². The summed E-state index contributed by atoms with van der Waals surface area (Å²) < 4.78 is 2.16. The Bertz CT molecular complexity index is 716. The summed E-state index contributed by atoms with van der Waals surface area (Å²) in [4.78, 5) is 14.5. The van der Waals surface area contributed by atoms with Gasteiger partial charge in [0, 0.05) is 36.7 Å². The van der Waals surface area contributed by atoms with Gasteiger partial charge in [-0.2, -0.15) is 0 Å². The van der Waals surface area contributed by atoms with Gasteiger partial charge in [0.2, 0.25) is 0 Å². The maximum Gasteiger partial charge on any atom is 0.315 e. The van der Waals surface area contributed by atoms with Crippen LogP contribution in [-0.2, 0) is 7.05 Å². The van der Waals surface area contributed by atoms with Crippen LogP contribution < -0.4 is 10.6 Å². The molecule has 1 saturated carbocycles. The summed E-state index contributed by atoms with van der Waals surface area (Å²) in [6, 6.07) is 8.86. The van der Waals surface area contributed by atoms with E-state index in [0.29, 0.717) is 12.6 Å². The van der Waals surface area contributed by atoms with Crippen LogP contribution in [-0.4, -0.2) is 42.2 Å². The third-order valence-electron chi connectivity index (χ3n) is 5.31. The summed E-state index contributed by atoms with van der Waals surface area (Å²) in [5.74, 6) is 0. The molecule has 1 fully saturated rings. The molecule has 1 aliphatic carbocycles. The number of urea groups is 1. The summed E-state index contributed by atoms with van der Waals surface area (Å²) in [7, 11) is 6.20. The second-order valence-electron chi connectivity index (χ2n) is 7.38. The molecule has 0 radical (unpaired) electrons. The molecule has 136 valence electrons. The highest BCUT2D eigenvalue weighted by Crippen LogP contribution is 2.28. The number of hydrogen-bond acceptors (Lipinski definition) is 2. The Morgan fingerprint density at radius 2 is 1.96 bits per heavy atom. The second-order valence-corrected chi connectivity index (χ2v) is 7.38. The molecule has 5 heteroatoms. The number of likely N-dealkylation sites (N-methyl/N-ethyl adjacent to an activating group) is 1. The molecular formula is C20H30N4O. The average Bonchev–Trinajstić information content (AvgIpc) is 2.93. The second kappa shape index (κ2) is 7.91. The van der Waals surface area contributed by atoms with Crippen LogP contribution in [0.15, 0.2) is 30.5 Å². The van der Waals surface area contributed by atoms with Gasteiger partial charge in [0.05, 0.1) is 6.04 Å². The van der Waals surface area contributed by atoms with Crippen LogP contribution in [0.25, 0.3) is 10.9 Å². The number of nitrogens with one attached hydrogen (secondary N) is 2. The van der Waals surface area contributed by atoms with Gasteiger partial charge in [-0.1, -0.05) is 37.5 Å². The van der Waals surface area contributed by atoms with E-state index in [1.54, 1.807) is 0 Å². The Hall–Kier alpha value is -2.01. The normalized spacial score (nSPS) is 17.0. The number of para-hydroxylation sites is 1. The number of carbonyl (C=O) groups excluding carboxylic acids is 1. The highest BCUT2D eigenvalue weighted by atomic mass is 16.2. The SMILES string of the molecule is CN(C)C(CNC(=O)NC1CCCCC1)c1cn(C)c2ccccc12. The zero-order valence-electron chi connectivity index (χ0n) is 15.6. The summed E-state index contributed by atoms with van der Waals surface area (Å²) in [6.45, 7) is 0.597. The maximum absolute atomic E-state index is 12.3. The number of benzene rings is 1. The molecule has 2 N–H and O–H groups in total. The van der Waals surface area contributed by atoms with E-state index in [0.717, 1.165) is 12.8 Å². The van der Waals surface area contributed by atoms with Crippen LogP contribution >= 0.6 is 0 Å². The predicted octanol–water partition coefficient (Wildman–Crippen LogP) is 3.41. The van der Waals surface area contributed by atoms with Gasteiger partial charge >= 0.3 is 6.03 Å². The zero-order chi connectivity index (χ0) is 17.8. The number of rotatable bonds is 5. The average molecular weight is 342 g/mol. The molecular weight excluding hydrogens is 312 g/mol. The van der Waals surface area contributed by atoms with E-state index >= 15 is 0 Å². The smallest absolute Gasteiger partial charge is 0.315 e. The lowest BCUT2D eigenvalue weighted by molar-refractivity contribution is 0.225. The number of fused-ring (bicyclic) bond motifs is 1. The van der Waals surface area contributed by atoms with Gasteiger partial charge in [0.1, 0.15) is 0 Å². The number of carbonyl (C=O) groups is 1. The van der Waals surface area contributed by atoms with Crippen molar-refractivity contribution in [3.05, 3.63) is 36.0 Å². The Kier molecular flexibility index (Phi) is 5.63. The summed E-state index contributed by atoms with van der Waals surface area (Å²) in [5, 5.41) is 7.46. The summed E-state index contributed by atoms with van der Waals surface area (Å²) in [5.41, 5.74) is 2.47. The minimum absolute atomic E-state index is 0.0426. The van der Waals surface area contributed by atoms with Crippen molar-refractivity contribution in [2.45, 2.75) is 44.2 Å². The van der Waals surface area contributed by atoms with Crippen molar-refractivity contribution >= 4 is 16.9 Å². The molecule has 1 aliphatic rings. The van der Waals surface area contributed by atoms with Crippen molar-refractivity contribution in [3.63, 3.8) is 0 Å². The van der Waals surface area contributed by atoms with Crippen molar-refractivity contribution in [2.24, 2.45) is 7.05 Å². The summed E-state index contributed by atoms with van der Waals surface area (Å²) in [6.07, 6.45) is 8.13. The molecule has 1 unspecified atom stereocenters. The molecule has 1 atom stereocenters. The van der Waals surface area contributed by atoms with E-state index < -0.39 is 0 Å². The first-order chi connectivity index (χ1) is 12.1. The van der Waals surface area contributed by atoms with E-state index in [-0.39, 0.29) is 12.1 Å². The molecule has 5 nitrogen and oxygen atoms in total. The van der Waals surface area contributed by atoms with Crippen LogP contribution in [0.2, 0.25) is 0 Å². The van der Waals surface area contributed by atoms with Crippen LogP contribution in [0.4, 0.5) is 4.79 Å². The standard InChI is InChI=1S/C20H30N4O/c1-23(2)19(13-21-20(25)22-15-9-5-4-6-10-15)17-14-24(3)18-12-8-7-11-16(17)18/h7-8,11-12,14-15,19H,4-6,9-10,13H2,1-3H3,(H2,21,22,25). The molecule has 1 aromatic carbocycles. The van der Waals surface area contributed by atoms with Gasteiger partial charge in [-0.25, -0.2) is 4.79 Å². The minimum atomic E-state index is -0.0426. The van der Waals surface area contributed by atoms with Crippen LogP contribution in [0.5, 0.6) is 0 Å². The van der Waals surface area contributed by atoms with E-state index in [9.17, 15) is 4.79 Å². The van der Waals surface area contributed by atoms with Gasteiger partial charge in [-0.05, 0) is 38.6 Å². The molecule has 0 saturated heterocycles. The van der Waals surface area contributed by atoms with Crippen molar-refractivity contribution in [2.75, 3.05) is 20.6 Å². The molecule has 0 aliphatic heterocycles. The van der Waals surface area contributed by atoms with E-state index in [2.05, 4.69) is 71.7 Å². The molecule has 1 aromatic heterocycles. The first kappa shape index (κ1) is 17.8. The third kappa shape index (κ3) is 4.15. The van der Waals surface area contributed by atoms with Crippen molar-refractivity contribution in [1.82, 2.24) is 20.1 Å². The topological polar surface area (TPSA) is 49.3 Å². The van der Waals surface area contributed by atoms with Crippen LogP contribution in [0.3, 0.4) is 0 Å². The largest absolute Gasteiger partial charge is 0.350 e. The Morgan fingerprint density at radius 3 is 2.68 bits per heavy atom. The maximum atomic E-state index is 12.3. The van der Waals surface area contributed by atoms with Gasteiger partial charge in [0.25, 0.3) is 0 Å². The highest BCUT2D eigenvalue weighted by Gasteiger charge is 2.21. The van der Waals surface area contributed by atoms with E-state index in [1.165, 1.54) is 35.7 Å². The fourth-order valence-electron chi connectivity index (χ4n) is 3.88. The number of aryl methyl sites for hydroxylation is 1. The highest BCUT2D eigenvalue weighted by molar-refractivity contribution is 5.84. The van der Waals surface area contributed by atoms with Gasteiger partial charge in [0.15, 0.2) is 0 Å². The summed E-state index contributed by atoms with van der Waals surface area (Å²) >= 11 is 0. The first-order valence-electron chi connectivity index (χ1n) is 9.31. The van der Waals surface area contributed by atoms with Gasteiger partial charge < -0.3 is 20.1 Å². The lowest BCUT2D eigenvalue weighted by atomic mass is 9.96. The number of hydrogen-bond donors (Lipinski definition) is 2. The number of aromatic nitrogens is 1. The van der Waals surface area contributed by atoms with E-state index in [1.807, 2.05) is 0 Å². The molecule has 2 amide bonds. The zero-order valence-corrected chi connectivity index (χ0v) is 15.6. The van der Waals surface area contributed by atoms with Crippen molar-refractivity contribution in [1.29, 1.82) is 0 Å². The lowest BCUT2D eigenvalue weighted by Crippen LogP contribution is -2.45. The first-order valence-corrected chi connectivity index (χ1v) is 9.31. The number of nitrogens with zero attached hydrogens (tertiary/aromatic N) is 2. The van der Waals surface area contributed by atoms with Crippen LogP contribution in [0, 0.1) is 0 Å². The predicted molar refractivity (Wildman–Crippen MR) is 103 cm³/mol. The van der Waals surface area contributed by atoms with Crippen molar-refractivity contribution in [3.8, 4) is 0 Å². The quantitative estimate of drug-likeness (QED) is 0.875. The molecule has 2 aromatic rings. The third-order valence-corrected chi connectivity index (χ3v) is 5.31.